The Morgan fingerprint density at radius 1 is 0.867 bits per heavy atom. The van der Waals surface area contributed by atoms with Crippen molar-refractivity contribution in [2.45, 2.75) is 12.5 Å². The van der Waals surface area contributed by atoms with Crippen LogP contribution >= 0.6 is 12.2 Å². The second kappa shape index (κ2) is 7.96. The SMILES string of the molecule is Cc1ccccc1NC(=S)NN1C(=O)NC(c2ccccc2)(c2ccccc2)C1=O. The van der Waals surface area contributed by atoms with Gasteiger partial charge in [-0.25, -0.2) is 4.79 Å². The van der Waals surface area contributed by atoms with Crippen LogP contribution in [0.2, 0.25) is 0 Å². The van der Waals surface area contributed by atoms with Crippen LogP contribution in [0.15, 0.2) is 84.9 Å². The molecule has 0 spiro atoms. The number of carbonyl (C=O) groups excluding carboxylic acids is 2. The van der Waals surface area contributed by atoms with Crippen molar-refractivity contribution in [2.75, 3.05) is 5.32 Å². The van der Waals surface area contributed by atoms with Crippen LogP contribution < -0.4 is 16.1 Å². The van der Waals surface area contributed by atoms with E-state index < -0.39 is 17.5 Å². The number of thiocarbonyl (C=S) groups is 1. The first kappa shape index (κ1) is 19.6. The molecule has 3 aromatic carbocycles. The van der Waals surface area contributed by atoms with Crippen LogP contribution in [0.1, 0.15) is 16.7 Å². The van der Waals surface area contributed by atoms with E-state index in [0.29, 0.717) is 11.1 Å². The van der Waals surface area contributed by atoms with Gasteiger partial charge in [0.1, 0.15) is 0 Å². The second-order valence-electron chi connectivity index (χ2n) is 6.93. The fourth-order valence-corrected chi connectivity index (χ4v) is 3.73. The lowest BCUT2D eigenvalue weighted by atomic mass is 9.83. The highest BCUT2D eigenvalue weighted by molar-refractivity contribution is 7.80. The summed E-state index contributed by atoms with van der Waals surface area (Å²) in [7, 11) is 0. The second-order valence-corrected chi connectivity index (χ2v) is 7.34. The van der Waals surface area contributed by atoms with Gasteiger partial charge in [-0.1, -0.05) is 78.9 Å². The highest BCUT2D eigenvalue weighted by Crippen LogP contribution is 2.35. The lowest BCUT2D eigenvalue weighted by molar-refractivity contribution is -0.131. The van der Waals surface area contributed by atoms with Gasteiger partial charge < -0.3 is 10.6 Å². The van der Waals surface area contributed by atoms with Crippen LogP contribution in [0.25, 0.3) is 0 Å². The monoisotopic (exact) mass is 416 g/mol. The Balaban J connectivity index is 1.66. The molecular formula is C23H20N4O2S. The summed E-state index contributed by atoms with van der Waals surface area (Å²) < 4.78 is 0. The predicted octanol–water partition coefficient (Wildman–Crippen LogP) is 3.69. The van der Waals surface area contributed by atoms with Crippen molar-refractivity contribution in [2.24, 2.45) is 0 Å². The Bertz CT molecular complexity index is 1060. The number of carbonyl (C=O) groups is 2. The van der Waals surface area contributed by atoms with Gasteiger partial charge in [-0.05, 0) is 41.9 Å². The molecule has 1 aliphatic rings. The molecule has 3 N–H and O–H groups in total. The fourth-order valence-electron chi connectivity index (χ4n) is 3.53. The number of benzene rings is 3. The third-order valence-corrected chi connectivity index (χ3v) is 5.23. The van der Waals surface area contributed by atoms with Crippen molar-refractivity contribution >= 4 is 35.0 Å². The average Bonchev–Trinajstić information content (AvgIpc) is 3.02. The Kier molecular flexibility index (Phi) is 5.20. The number of nitrogens with one attached hydrogen (secondary N) is 3. The Hall–Kier alpha value is -3.71. The molecule has 1 heterocycles. The van der Waals surface area contributed by atoms with Gasteiger partial charge in [0, 0.05) is 5.69 Å². The summed E-state index contributed by atoms with van der Waals surface area (Å²) in [6.07, 6.45) is 0. The molecule has 3 amide bonds. The third-order valence-electron chi connectivity index (χ3n) is 5.04. The fraction of sp³-hybridized carbons (Fsp3) is 0.0870. The van der Waals surface area contributed by atoms with E-state index in [1.54, 1.807) is 0 Å². The minimum Gasteiger partial charge on any atom is -0.331 e. The van der Waals surface area contributed by atoms with E-state index >= 15 is 0 Å². The van der Waals surface area contributed by atoms with Crippen LogP contribution in [0.5, 0.6) is 0 Å². The number of hydrazine groups is 1. The van der Waals surface area contributed by atoms with E-state index in [4.69, 9.17) is 12.2 Å². The van der Waals surface area contributed by atoms with E-state index in [9.17, 15) is 9.59 Å². The molecule has 1 saturated heterocycles. The van der Waals surface area contributed by atoms with E-state index in [2.05, 4.69) is 16.1 Å². The molecule has 0 bridgehead atoms. The Morgan fingerprint density at radius 2 is 1.40 bits per heavy atom. The number of hydrogen-bond donors (Lipinski definition) is 3. The zero-order valence-electron chi connectivity index (χ0n) is 16.3. The van der Waals surface area contributed by atoms with Crippen molar-refractivity contribution in [3.8, 4) is 0 Å². The lowest BCUT2D eigenvalue weighted by Gasteiger charge is -2.28. The summed E-state index contributed by atoms with van der Waals surface area (Å²) in [6, 6.07) is 25.4. The minimum atomic E-state index is -1.34. The standard InChI is InChI=1S/C23H20N4O2S/c1-16-10-8-9-15-19(16)24-21(30)26-27-20(28)23(25-22(27)29,17-11-4-2-5-12-17)18-13-6-3-7-14-18/h2-15H,1H3,(H,25,29)(H2,24,26,30). The largest absolute Gasteiger partial charge is 0.344 e. The highest BCUT2D eigenvalue weighted by Gasteiger charge is 2.54. The molecule has 6 nitrogen and oxygen atoms in total. The molecule has 7 heteroatoms. The van der Waals surface area contributed by atoms with Crippen LogP contribution in [0.4, 0.5) is 10.5 Å². The maximum Gasteiger partial charge on any atom is 0.344 e. The van der Waals surface area contributed by atoms with Crippen LogP contribution in [0, 0.1) is 6.92 Å². The van der Waals surface area contributed by atoms with Gasteiger partial charge in [0.25, 0.3) is 5.91 Å². The summed E-state index contributed by atoms with van der Waals surface area (Å²) in [4.78, 5) is 26.4. The van der Waals surface area contributed by atoms with Crippen LogP contribution in [-0.2, 0) is 10.3 Å². The number of aryl methyl sites for hydroxylation is 1. The molecule has 30 heavy (non-hydrogen) atoms. The predicted molar refractivity (Wildman–Crippen MR) is 120 cm³/mol. The molecule has 3 aromatic rings. The Morgan fingerprint density at radius 3 is 1.97 bits per heavy atom. The average molecular weight is 417 g/mol. The molecule has 150 valence electrons. The summed E-state index contributed by atoms with van der Waals surface area (Å²) in [6.45, 7) is 1.94. The summed E-state index contributed by atoms with van der Waals surface area (Å²) >= 11 is 5.35. The number of para-hydroxylation sites is 1. The molecule has 1 fully saturated rings. The van der Waals surface area contributed by atoms with Gasteiger partial charge in [0.15, 0.2) is 10.7 Å². The summed E-state index contributed by atoms with van der Waals surface area (Å²) in [5, 5.41) is 6.97. The van der Waals surface area contributed by atoms with Gasteiger partial charge in [-0.15, -0.1) is 0 Å². The van der Waals surface area contributed by atoms with Crippen molar-refractivity contribution in [3.05, 3.63) is 102 Å². The van der Waals surface area contributed by atoms with Gasteiger partial charge in [0.2, 0.25) is 0 Å². The molecule has 0 aliphatic carbocycles. The van der Waals surface area contributed by atoms with Crippen molar-refractivity contribution in [1.29, 1.82) is 0 Å². The summed E-state index contributed by atoms with van der Waals surface area (Å²) in [5.74, 6) is -0.459. The number of imide groups is 1. The van der Waals surface area contributed by atoms with Crippen LogP contribution in [-0.4, -0.2) is 22.1 Å². The van der Waals surface area contributed by atoms with Gasteiger partial charge in [0.05, 0.1) is 0 Å². The number of amides is 3. The number of hydrogen-bond acceptors (Lipinski definition) is 3. The van der Waals surface area contributed by atoms with Gasteiger partial charge >= 0.3 is 6.03 Å². The maximum atomic E-state index is 13.6. The number of anilines is 1. The van der Waals surface area contributed by atoms with E-state index in [-0.39, 0.29) is 5.11 Å². The highest BCUT2D eigenvalue weighted by atomic mass is 32.1. The molecule has 0 aromatic heterocycles. The first-order valence-electron chi connectivity index (χ1n) is 9.43. The normalized spacial score (nSPS) is 14.9. The first-order valence-corrected chi connectivity index (χ1v) is 9.84. The molecule has 0 radical (unpaired) electrons. The maximum absolute atomic E-state index is 13.6. The number of nitrogens with zero attached hydrogens (tertiary/aromatic N) is 1. The van der Waals surface area contributed by atoms with E-state index in [1.807, 2.05) is 91.9 Å². The molecule has 0 saturated carbocycles. The molecule has 0 unspecified atom stereocenters. The third kappa shape index (κ3) is 3.40. The van der Waals surface area contributed by atoms with Gasteiger partial charge in [-0.3, -0.25) is 10.2 Å². The summed E-state index contributed by atoms with van der Waals surface area (Å²) in [5.41, 5.74) is 4.50. The zero-order valence-corrected chi connectivity index (χ0v) is 17.1. The molecular weight excluding hydrogens is 396 g/mol. The van der Waals surface area contributed by atoms with Crippen molar-refractivity contribution in [3.63, 3.8) is 0 Å². The smallest absolute Gasteiger partial charge is 0.331 e. The quantitative estimate of drug-likeness (QED) is 0.447. The Labute approximate surface area is 179 Å². The topological polar surface area (TPSA) is 73.5 Å². The number of rotatable bonds is 4. The van der Waals surface area contributed by atoms with E-state index in [1.165, 1.54) is 0 Å². The molecule has 0 atom stereocenters. The molecule has 4 rings (SSSR count). The van der Waals surface area contributed by atoms with Crippen molar-refractivity contribution < 1.29 is 9.59 Å². The number of urea groups is 1. The van der Waals surface area contributed by atoms with Crippen molar-refractivity contribution in [1.82, 2.24) is 15.8 Å². The van der Waals surface area contributed by atoms with Crippen LogP contribution in [0.3, 0.4) is 0 Å². The zero-order chi connectivity index (χ0) is 21.1. The molecule has 1 aliphatic heterocycles. The van der Waals surface area contributed by atoms with E-state index in [0.717, 1.165) is 16.3 Å². The first-order chi connectivity index (χ1) is 14.5. The minimum absolute atomic E-state index is 0.143. The van der Waals surface area contributed by atoms with Gasteiger partial charge in [-0.2, -0.15) is 5.01 Å². The lowest BCUT2D eigenvalue weighted by Crippen LogP contribution is -2.50.